The first-order valence-corrected chi connectivity index (χ1v) is 3.29. The average Bonchev–Trinajstić information content (AvgIpc) is 2.37. The zero-order valence-corrected chi connectivity index (χ0v) is 5.85. The second kappa shape index (κ2) is 3.00. The molecule has 2 nitrogen and oxygen atoms in total. The highest BCUT2D eigenvalue weighted by molar-refractivity contribution is 5.14. The van der Waals surface area contributed by atoms with Crippen LogP contribution < -0.4 is 0 Å². The molecule has 0 saturated carbocycles. The molecule has 0 fully saturated rings. The quantitative estimate of drug-likeness (QED) is 0.692. The summed E-state index contributed by atoms with van der Waals surface area (Å²) < 4.78 is 25.6. The minimum atomic E-state index is -2.91. The lowest BCUT2D eigenvalue weighted by molar-refractivity contribution is -0.0268. The van der Waals surface area contributed by atoms with Gasteiger partial charge in [-0.2, -0.15) is 0 Å². The SMILES string of the molecule is OCCC(F)(F)c1cc[nH]c1. The van der Waals surface area contributed by atoms with Crippen LogP contribution in [0.5, 0.6) is 0 Å². The van der Waals surface area contributed by atoms with Gasteiger partial charge >= 0.3 is 0 Å². The van der Waals surface area contributed by atoms with E-state index >= 15 is 0 Å². The Labute approximate surface area is 62.9 Å². The van der Waals surface area contributed by atoms with Crippen LogP contribution in [0.4, 0.5) is 8.78 Å². The number of halogens is 2. The van der Waals surface area contributed by atoms with E-state index in [0.29, 0.717) is 0 Å². The van der Waals surface area contributed by atoms with Crippen molar-refractivity contribution in [2.24, 2.45) is 0 Å². The van der Waals surface area contributed by atoms with Crippen molar-refractivity contribution >= 4 is 0 Å². The van der Waals surface area contributed by atoms with Gasteiger partial charge in [-0.3, -0.25) is 0 Å². The Morgan fingerprint density at radius 2 is 2.27 bits per heavy atom. The molecule has 0 aliphatic carbocycles. The van der Waals surface area contributed by atoms with E-state index in [9.17, 15) is 8.78 Å². The van der Waals surface area contributed by atoms with Crippen molar-refractivity contribution < 1.29 is 13.9 Å². The molecule has 0 aliphatic heterocycles. The summed E-state index contributed by atoms with van der Waals surface area (Å²) in [6, 6.07) is 1.30. The van der Waals surface area contributed by atoms with E-state index in [2.05, 4.69) is 4.98 Å². The fourth-order valence-electron chi connectivity index (χ4n) is 0.836. The summed E-state index contributed by atoms with van der Waals surface area (Å²) in [7, 11) is 0. The van der Waals surface area contributed by atoms with Crippen LogP contribution in [0.2, 0.25) is 0 Å². The van der Waals surface area contributed by atoms with Crippen molar-refractivity contribution in [3.8, 4) is 0 Å². The standard InChI is InChI=1S/C7H9F2NO/c8-7(9,2-4-11)6-1-3-10-5-6/h1,3,5,10-11H,2,4H2. The predicted molar refractivity (Wildman–Crippen MR) is 36.4 cm³/mol. The molecule has 1 heterocycles. The van der Waals surface area contributed by atoms with Crippen LogP contribution >= 0.6 is 0 Å². The van der Waals surface area contributed by atoms with E-state index < -0.39 is 19.0 Å². The molecule has 0 unspecified atom stereocenters. The Bertz CT molecular complexity index is 208. The van der Waals surface area contributed by atoms with Gasteiger partial charge in [-0.15, -0.1) is 0 Å². The van der Waals surface area contributed by atoms with E-state index in [0.717, 1.165) is 0 Å². The zero-order chi connectivity index (χ0) is 8.32. The molecule has 11 heavy (non-hydrogen) atoms. The minimum absolute atomic E-state index is 0.0773. The summed E-state index contributed by atoms with van der Waals surface area (Å²) in [6.45, 7) is -0.502. The highest BCUT2D eigenvalue weighted by Gasteiger charge is 2.30. The summed E-state index contributed by atoms with van der Waals surface area (Å²) in [5, 5.41) is 8.31. The highest BCUT2D eigenvalue weighted by Crippen LogP contribution is 2.30. The van der Waals surface area contributed by atoms with Gasteiger partial charge in [0.25, 0.3) is 5.92 Å². The number of rotatable bonds is 3. The Kier molecular flexibility index (Phi) is 2.24. The molecule has 1 aromatic heterocycles. The van der Waals surface area contributed by atoms with Crippen molar-refractivity contribution in [2.45, 2.75) is 12.3 Å². The number of hydrogen-bond donors (Lipinski definition) is 2. The molecule has 0 radical (unpaired) electrons. The molecule has 0 atom stereocenters. The highest BCUT2D eigenvalue weighted by atomic mass is 19.3. The fraction of sp³-hybridized carbons (Fsp3) is 0.429. The van der Waals surface area contributed by atoms with Gasteiger partial charge in [-0.25, -0.2) is 8.78 Å². The molecule has 0 aromatic carbocycles. The third kappa shape index (κ3) is 1.77. The van der Waals surface area contributed by atoms with Gasteiger partial charge in [-0.1, -0.05) is 0 Å². The summed E-state index contributed by atoms with van der Waals surface area (Å²) in [5.74, 6) is -2.91. The van der Waals surface area contributed by atoms with Crippen LogP contribution in [0.3, 0.4) is 0 Å². The Morgan fingerprint density at radius 1 is 1.55 bits per heavy atom. The third-order valence-electron chi connectivity index (χ3n) is 1.45. The second-order valence-electron chi connectivity index (χ2n) is 2.28. The van der Waals surface area contributed by atoms with Crippen LogP contribution in [-0.2, 0) is 5.92 Å². The Balaban J connectivity index is 2.73. The first-order valence-electron chi connectivity index (χ1n) is 3.29. The average molecular weight is 161 g/mol. The van der Waals surface area contributed by atoms with E-state index in [1.54, 1.807) is 0 Å². The van der Waals surface area contributed by atoms with E-state index in [1.807, 2.05) is 0 Å². The van der Waals surface area contributed by atoms with Crippen molar-refractivity contribution in [2.75, 3.05) is 6.61 Å². The fourth-order valence-corrected chi connectivity index (χ4v) is 0.836. The maximum Gasteiger partial charge on any atom is 0.276 e. The van der Waals surface area contributed by atoms with Crippen LogP contribution in [0, 0.1) is 0 Å². The molecule has 0 saturated heterocycles. The molecule has 2 N–H and O–H groups in total. The van der Waals surface area contributed by atoms with E-state index in [1.165, 1.54) is 18.5 Å². The largest absolute Gasteiger partial charge is 0.396 e. The van der Waals surface area contributed by atoms with E-state index in [4.69, 9.17) is 5.11 Å². The number of aliphatic hydroxyl groups excluding tert-OH is 1. The smallest absolute Gasteiger partial charge is 0.276 e. The second-order valence-corrected chi connectivity index (χ2v) is 2.28. The van der Waals surface area contributed by atoms with Crippen molar-refractivity contribution in [3.05, 3.63) is 24.0 Å². The molecule has 62 valence electrons. The van der Waals surface area contributed by atoms with Crippen LogP contribution in [0.25, 0.3) is 0 Å². The third-order valence-corrected chi connectivity index (χ3v) is 1.45. The van der Waals surface area contributed by atoms with Gasteiger partial charge in [0.05, 0.1) is 0 Å². The maximum absolute atomic E-state index is 12.8. The zero-order valence-electron chi connectivity index (χ0n) is 5.85. The number of H-pyrrole nitrogens is 1. The lowest BCUT2D eigenvalue weighted by atomic mass is 10.1. The first kappa shape index (κ1) is 8.20. The molecule has 0 spiro atoms. The number of aromatic nitrogens is 1. The lowest BCUT2D eigenvalue weighted by Gasteiger charge is -2.12. The molecule has 0 bridgehead atoms. The Hall–Kier alpha value is -0.900. The molecule has 1 aromatic rings. The molecular weight excluding hydrogens is 152 g/mol. The molecule has 0 amide bonds. The topological polar surface area (TPSA) is 36.0 Å². The molecular formula is C7H9F2NO. The molecule has 4 heteroatoms. The Morgan fingerprint density at radius 3 is 2.73 bits per heavy atom. The number of alkyl halides is 2. The molecule has 0 aliphatic rings. The normalized spacial score (nSPS) is 11.9. The van der Waals surface area contributed by atoms with Crippen LogP contribution in [-0.4, -0.2) is 16.7 Å². The number of aromatic amines is 1. The number of aliphatic hydroxyl groups is 1. The van der Waals surface area contributed by atoms with Crippen molar-refractivity contribution in [3.63, 3.8) is 0 Å². The van der Waals surface area contributed by atoms with Crippen LogP contribution in [0.15, 0.2) is 18.5 Å². The molecule has 1 rings (SSSR count). The summed E-state index contributed by atoms with van der Waals surface area (Å²) in [6.07, 6.45) is 2.14. The van der Waals surface area contributed by atoms with Crippen molar-refractivity contribution in [1.82, 2.24) is 4.98 Å². The van der Waals surface area contributed by atoms with Crippen LogP contribution in [0.1, 0.15) is 12.0 Å². The van der Waals surface area contributed by atoms with Gasteiger partial charge in [0.1, 0.15) is 0 Å². The first-order chi connectivity index (χ1) is 5.17. The lowest BCUT2D eigenvalue weighted by Crippen LogP contribution is -2.13. The van der Waals surface area contributed by atoms with Gasteiger partial charge in [0.15, 0.2) is 0 Å². The minimum Gasteiger partial charge on any atom is -0.396 e. The number of hydrogen-bond acceptors (Lipinski definition) is 1. The van der Waals surface area contributed by atoms with Gasteiger partial charge < -0.3 is 10.1 Å². The summed E-state index contributed by atoms with van der Waals surface area (Å²) >= 11 is 0. The predicted octanol–water partition coefficient (Wildman–Crippen LogP) is 1.49. The van der Waals surface area contributed by atoms with Gasteiger partial charge in [0, 0.05) is 31.0 Å². The number of nitrogens with one attached hydrogen (secondary N) is 1. The van der Waals surface area contributed by atoms with Gasteiger partial charge in [0.2, 0.25) is 0 Å². The van der Waals surface area contributed by atoms with E-state index in [-0.39, 0.29) is 5.56 Å². The monoisotopic (exact) mass is 161 g/mol. The summed E-state index contributed by atoms with van der Waals surface area (Å²) in [4.78, 5) is 2.53. The maximum atomic E-state index is 12.8. The van der Waals surface area contributed by atoms with Gasteiger partial charge in [-0.05, 0) is 6.07 Å². The van der Waals surface area contributed by atoms with Crippen molar-refractivity contribution in [1.29, 1.82) is 0 Å². The summed E-state index contributed by atoms with van der Waals surface area (Å²) in [5.41, 5.74) is -0.0773.